The molecule has 2 nitrogen and oxygen atoms in total. The molecule has 0 bridgehead atoms. The molecule has 0 N–H and O–H groups in total. The van der Waals surface area contributed by atoms with Crippen molar-refractivity contribution in [2.24, 2.45) is 4.99 Å². The number of aliphatic imine (C=N–C) groups is 1. The minimum atomic E-state index is 0.579. The summed E-state index contributed by atoms with van der Waals surface area (Å²) < 4.78 is 5.78. The Hall–Kier alpha value is -2.00. The van der Waals surface area contributed by atoms with Crippen molar-refractivity contribution in [3.05, 3.63) is 77.2 Å². The summed E-state index contributed by atoms with van der Waals surface area (Å²) >= 11 is 1.58. The van der Waals surface area contributed by atoms with Gasteiger partial charge in [0.05, 0.1) is 0 Å². The highest BCUT2D eigenvalue weighted by atomic mass is 32.2. The Morgan fingerprint density at radius 2 is 1.76 bits per heavy atom. The van der Waals surface area contributed by atoms with Crippen LogP contribution in [0.2, 0.25) is 0 Å². The molecule has 2 aromatic carbocycles. The van der Waals surface area contributed by atoms with Gasteiger partial charge in [0.2, 0.25) is 0 Å². The van der Waals surface area contributed by atoms with E-state index in [4.69, 9.17) is 4.74 Å². The highest BCUT2D eigenvalue weighted by molar-refractivity contribution is 8.17. The Morgan fingerprint density at radius 3 is 2.33 bits per heavy atom. The maximum atomic E-state index is 5.78. The number of rotatable bonds is 5. The molecule has 0 aliphatic rings. The summed E-state index contributed by atoms with van der Waals surface area (Å²) in [5.41, 5.74) is 2.24. The third kappa shape index (κ3) is 4.80. The van der Waals surface area contributed by atoms with Crippen molar-refractivity contribution < 1.29 is 4.74 Å². The second kappa shape index (κ2) is 7.70. The molecule has 21 heavy (non-hydrogen) atoms. The van der Waals surface area contributed by atoms with Crippen LogP contribution in [0.25, 0.3) is 0 Å². The van der Waals surface area contributed by atoms with E-state index in [9.17, 15) is 0 Å². The number of hydrogen-bond donors (Lipinski definition) is 0. The van der Waals surface area contributed by atoms with Gasteiger partial charge >= 0.3 is 0 Å². The molecule has 0 radical (unpaired) electrons. The van der Waals surface area contributed by atoms with Gasteiger partial charge in [0.25, 0.3) is 0 Å². The Morgan fingerprint density at radius 1 is 1.10 bits per heavy atom. The predicted octanol–water partition coefficient (Wildman–Crippen LogP) is 4.91. The van der Waals surface area contributed by atoms with Crippen molar-refractivity contribution in [3.63, 3.8) is 0 Å². The molecule has 108 valence electrons. The lowest BCUT2D eigenvalue weighted by Gasteiger charge is -2.08. The van der Waals surface area contributed by atoms with Crippen molar-refractivity contribution in [1.82, 2.24) is 0 Å². The van der Waals surface area contributed by atoms with Gasteiger partial charge in [0.15, 0.2) is 0 Å². The molecule has 0 aliphatic heterocycles. The van der Waals surface area contributed by atoms with Crippen LogP contribution in [-0.2, 0) is 6.61 Å². The lowest BCUT2D eigenvalue weighted by atomic mass is 10.2. The van der Waals surface area contributed by atoms with Gasteiger partial charge in [-0.1, -0.05) is 48.7 Å². The first-order valence-electron chi connectivity index (χ1n) is 6.76. The van der Waals surface area contributed by atoms with Gasteiger partial charge in [-0.25, -0.2) is 0 Å². The SMILES string of the molecule is C=C(C)SC(=NC)c1ccc(OCc2ccccc2)cc1. The van der Waals surface area contributed by atoms with Crippen LogP contribution in [0.3, 0.4) is 0 Å². The van der Waals surface area contributed by atoms with Crippen molar-refractivity contribution in [2.45, 2.75) is 13.5 Å². The number of allylic oxidation sites excluding steroid dienone is 1. The zero-order chi connectivity index (χ0) is 15.1. The molecule has 0 spiro atoms. The van der Waals surface area contributed by atoms with Gasteiger partial charge in [0.1, 0.15) is 17.4 Å². The Kier molecular flexibility index (Phi) is 5.64. The van der Waals surface area contributed by atoms with E-state index in [1.54, 1.807) is 18.8 Å². The first-order chi connectivity index (χ1) is 10.2. The minimum Gasteiger partial charge on any atom is -0.489 e. The summed E-state index contributed by atoms with van der Waals surface area (Å²) in [6, 6.07) is 18.1. The number of thioether (sulfide) groups is 1. The Balaban J connectivity index is 2.00. The lowest BCUT2D eigenvalue weighted by Crippen LogP contribution is -1.97. The molecular weight excluding hydrogens is 278 g/mol. The molecule has 0 heterocycles. The average molecular weight is 297 g/mol. The maximum Gasteiger partial charge on any atom is 0.119 e. The second-order valence-electron chi connectivity index (χ2n) is 4.63. The maximum absolute atomic E-state index is 5.78. The zero-order valence-corrected chi connectivity index (χ0v) is 13.2. The summed E-state index contributed by atoms with van der Waals surface area (Å²) in [7, 11) is 1.80. The fourth-order valence-corrected chi connectivity index (χ4v) is 2.51. The second-order valence-corrected chi connectivity index (χ2v) is 5.92. The van der Waals surface area contributed by atoms with Gasteiger partial charge in [-0.05, 0) is 41.7 Å². The summed E-state index contributed by atoms with van der Waals surface area (Å²) in [6.45, 7) is 6.46. The van der Waals surface area contributed by atoms with Crippen molar-refractivity contribution >= 4 is 16.8 Å². The normalized spacial score (nSPS) is 11.2. The van der Waals surface area contributed by atoms with E-state index >= 15 is 0 Å². The van der Waals surface area contributed by atoms with Gasteiger partial charge in [-0.3, -0.25) is 4.99 Å². The molecule has 2 aromatic rings. The Labute approximate surface area is 130 Å². The van der Waals surface area contributed by atoms with Crippen LogP contribution >= 0.6 is 11.8 Å². The number of hydrogen-bond acceptors (Lipinski definition) is 3. The highest BCUT2D eigenvalue weighted by Crippen LogP contribution is 2.22. The number of nitrogens with zero attached hydrogens (tertiary/aromatic N) is 1. The van der Waals surface area contributed by atoms with Crippen LogP contribution < -0.4 is 4.74 Å². The van der Waals surface area contributed by atoms with Crippen LogP contribution in [0.5, 0.6) is 5.75 Å². The lowest BCUT2D eigenvalue weighted by molar-refractivity contribution is 0.306. The average Bonchev–Trinajstić information content (AvgIpc) is 2.52. The monoisotopic (exact) mass is 297 g/mol. The summed E-state index contributed by atoms with van der Waals surface area (Å²) in [5.74, 6) is 0.860. The van der Waals surface area contributed by atoms with Gasteiger partial charge in [-0.15, -0.1) is 0 Å². The van der Waals surface area contributed by atoms with Crippen LogP contribution in [0.4, 0.5) is 0 Å². The van der Waals surface area contributed by atoms with Crippen LogP contribution in [0, 0.1) is 0 Å². The van der Waals surface area contributed by atoms with E-state index in [0.717, 1.165) is 26.8 Å². The number of ether oxygens (including phenoxy) is 1. The van der Waals surface area contributed by atoms with Crippen molar-refractivity contribution in [2.75, 3.05) is 7.05 Å². The topological polar surface area (TPSA) is 21.6 Å². The molecule has 0 unspecified atom stereocenters. The first-order valence-corrected chi connectivity index (χ1v) is 7.58. The third-order valence-corrected chi connectivity index (χ3v) is 3.78. The fraction of sp³-hybridized carbons (Fsp3) is 0.167. The van der Waals surface area contributed by atoms with E-state index in [-0.39, 0.29) is 0 Å². The molecule has 0 saturated carbocycles. The van der Waals surface area contributed by atoms with Crippen LogP contribution in [0.1, 0.15) is 18.1 Å². The Bertz CT molecular complexity index is 617. The van der Waals surface area contributed by atoms with E-state index in [1.165, 1.54) is 0 Å². The van der Waals surface area contributed by atoms with Gasteiger partial charge < -0.3 is 4.74 Å². The zero-order valence-electron chi connectivity index (χ0n) is 12.4. The van der Waals surface area contributed by atoms with Crippen LogP contribution in [-0.4, -0.2) is 12.1 Å². The van der Waals surface area contributed by atoms with Crippen molar-refractivity contribution in [3.8, 4) is 5.75 Å². The summed E-state index contributed by atoms with van der Waals surface area (Å²) in [5, 5.41) is 0.970. The van der Waals surface area contributed by atoms with Crippen molar-refractivity contribution in [1.29, 1.82) is 0 Å². The fourth-order valence-electron chi connectivity index (χ4n) is 1.83. The quantitative estimate of drug-likeness (QED) is 0.578. The molecule has 0 amide bonds. The minimum absolute atomic E-state index is 0.579. The predicted molar refractivity (Wildman–Crippen MR) is 92.1 cm³/mol. The van der Waals surface area contributed by atoms with E-state index in [1.807, 2.05) is 49.4 Å². The third-order valence-electron chi connectivity index (χ3n) is 2.82. The number of benzene rings is 2. The van der Waals surface area contributed by atoms with E-state index < -0.39 is 0 Å². The van der Waals surface area contributed by atoms with Gasteiger partial charge in [0, 0.05) is 12.6 Å². The largest absolute Gasteiger partial charge is 0.489 e. The molecule has 0 aliphatic carbocycles. The highest BCUT2D eigenvalue weighted by Gasteiger charge is 2.04. The summed E-state index contributed by atoms with van der Waals surface area (Å²) in [4.78, 5) is 5.33. The molecule has 0 fully saturated rings. The molecule has 3 heteroatoms. The van der Waals surface area contributed by atoms with E-state index in [2.05, 4.69) is 23.7 Å². The molecule has 0 aromatic heterocycles. The summed E-state index contributed by atoms with van der Waals surface area (Å²) in [6.07, 6.45) is 0. The van der Waals surface area contributed by atoms with E-state index in [0.29, 0.717) is 6.61 Å². The van der Waals surface area contributed by atoms with Gasteiger partial charge in [-0.2, -0.15) is 0 Å². The molecule has 0 atom stereocenters. The van der Waals surface area contributed by atoms with Crippen LogP contribution in [0.15, 0.2) is 71.1 Å². The first kappa shape index (κ1) is 15.4. The molecule has 0 saturated heterocycles. The molecular formula is C18H19NOS. The molecule has 2 rings (SSSR count). The standard InChI is InChI=1S/C18H19NOS/c1-14(2)21-18(19-3)16-9-11-17(12-10-16)20-13-15-7-5-4-6-8-15/h4-12H,1,13H2,2-3H3. The smallest absolute Gasteiger partial charge is 0.119 e.